The first kappa shape index (κ1) is 8.14. The number of pyridine rings is 1. The van der Waals surface area contributed by atoms with Crippen LogP contribution in [0.2, 0.25) is 5.02 Å². The molecule has 1 aromatic heterocycles. The van der Waals surface area contributed by atoms with Crippen LogP contribution in [-0.2, 0) is 0 Å². The lowest BCUT2D eigenvalue weighted by molar-refractivity contribution is 1.16. The monoisotopic (exact) mass is 171 g/mol. The Balaban J connectivity index is 2.90. The van der Waals surface area contributed by atoms with E-state index in [1.165, 1.54) is 0 Å². The molecule has 0 aliphatic rings. The molecule has 0 fully saturated rings. The minimum Gasteiger partial charge on any atom is -0.397 e. The average Bonchev–Trinajstić information content (AvgIpc) is 1.95. The first-order valence-corrected chi connectivity index (χ1v) is 3.76. The quantitative estimate of drug-likeness (QED) is 0.713. The highest BCUT2D eigenvalue weighted by molar-refractivity contribution is 6.33. The van der Waals surface area contributed by atoms with E-state index in [2.05, 4.69) is 10.3 Å². The molecule has 0 spiro atoms. The van der Waals surface area contributed by atoms with Crippen molar-refractivity contribution in [2.24, 2.45) is 0 Å². The summed E-state index contributed by atoms with van der Waals surface area (Å²) in [6.07, 6.45) is 1.57. The second-order valence-electron chi connectivity index (χ2n) is 2.13. The van der Waals surface area contributed by atoms with Crippen LogP contribution in [0.25, 0.3) is 0 Å². The van der Waals surface area contributed by atoms with Crippen molar-refractivity contribution in [3.8, 4) is 0 Å². The first-order valence-electron chi connectivity index (χ1n) is 3.39. The van der Waals surface area contributed by atoms with E-state index in [4.69, 9.17) is 17.3 Å². The van der Waals surface area contributed by atoms with Crippen LogP contribution in [-0.4, -0.2) is 11.5 Å². The first-order chi connectivity index (χ1) is 5.24. The van der Waals surface area contributed by atoms with Gasteiger partial charge in [-0.1, -0.05) is 11.6 Å². The topological polar surface area (TPSA) is 50.9 Å². The zero-order valence-electron chi connectivity index (χ0n) is 6.26. The Labute approximate surface area is 70.6 Å². The number of nitrogens with one attached hydrogen (secondary N) is 1. The van der Waals surface area contributed by atoms with Gasteiger partial charge in [-0.05, 0) is 13.0 Å². The van der Waals surface area contributed by atoms with E-state index in [-0.39, 0.29) is 0 Å². The molecule has 3 nitrogen and oxygen atoms in total. The van der Waals surface area contributed by atoms with E-state index in [1.807, 2.05) is 6.92 Å². The molecular weight excluding hydrogens is 162 g/mol. The summed E-state index contributed by atoms with van der Waals surface area (Å²) in [5.41, 5.74) is 6.03. The molecule has 1 rings (SSSR count). The van der Waals surface area contributed by atoms with Gasteiger partial charge in [-0.3, -0.25) is 0 Å². The van der Waals surface area contributed by atoms with Crippen LogP contribution in [0.4, 0.5) is 11.5 Å². The van der Waals surface area contributed by atoms with Crippen molar-refractivity contribution < 1.29 is 0 Å². The highest BCUT2D eigenvalue weighted by atomic mass is 35.5. The normalized spacial score (nSPS) is 9.64. The zero-order valence-corrected chi connectivity index (χ0v) is 7.02. The Morgan fingerprint density at radius 1 is 1.73 bits per heavy atom. The number of nitrogens with zero attached hydrogens (tertiary/aromatic N) is 1. The van der Waals surface area contributed by atoms with Crippen molar-refractivity contribution in [3.63, 3.8) is 0 Å². The van der Waals surface area contributed by atoms with Gasteiger partial charge < -0.3 is 11.1 Å². The average molecular weight is 172 g/mol. The molecule has 0 amide bonds. The van der Waals surface area contributed by atoms with Crippen LogP contribution in [0.3, 0.4) is 0 Å². The molecular formula is C7H10ClN3. The Morgan fingerprint density at radius 2 is 2.45 bits per heavy atom. The van der Waals surface area contributed by atoms with E-state index in [0.717, 1.165) is 6.54 Å². The summed E-state index contributed by atoms with van der Waals surface area (Å²) in [5, 5.41) is 3.57. The maximum absolute atomic E-state index is 5.80. The van der Waals surface area contributed by atoms with E-state index in [1.54, 1.807) is 12.3 Å². The Bertz CT molecular complexity index is 249. The lowest BCUT2D eigenvalue weighted by atomic mass is 10.4. The van der Waals surface area contributed by atoms with Crippen LogP contribution in [0, 0.1) is 0 Å². The van der Waals surface area contributed by atoms with Crippen LogP contribution in [0.5, 0.6) is 0 Å². The Hall–Kier alpha value is -0.960. The summed E-state index contributed by atoms with van der Waals surface area (Å²) < 4.78 is 0. The fourth-order valence-electron chi connectivity index (χ4n) is 0.750. The standard InChI is InChI=1S/C7H10ClN3/c1-2-10-7-6(8)3-5(9)4-11-7/h3-4H,2,9H2,1H3,(H,10,11). The predicted molar refractivity (Wildman–Crippen MR) is 47.8 cm³/mol. The molecule has 1 heterocycles. The number of aromatic nitrogens is 1. The molecule has 0 atom stereocenters. The molecule has 60 valence electrons. The van der Waals surface area contributed by atoms with E-state index < -0.39 is 0 Å². The van der Waals surface area contributed by atoms with Gasteiger partial charge in [-0.15, -0.1) is 0 Å². The van der Waals surface area contributed by atoms with Crippen molar-refractivity contribution >= 4 is 23.1 Å². The van der Waals surface area contributed by atoms with Crippen LogP contribution < -0.4 is 11.1 Å². The predicted octanol–water partition coefficient (Wildman–Crippen LogP) is 1.75. The number of rotatable bonds is 2. The summed E-state index contributed by atoms with van der Waals surface area (Å²) in [7, 11) is 0. The Morgan fingerprint density at radius 3 is 3.00 bits per heavy atom. The van der Waals surface area contributed by atoms with Gasteiger partial charge in [0.15, 0.2) is 0 Å². The molecule has 0 aliphatic heterocycles. The minimum atomic E-state index is 0.562. The summed E-state index contributed by atoms with van der Waals surface area (Å²) in [6, 6.07) is 1.67. The lowest BCUT2D eigenvalue weighted by Gasteiger charge is -2.03. The third-order valence-electron chi connectivity index (χ3n) is 1.21. The van der Waals surface area contributed by atoms with Gasteiger partial charge in [0.05, 0.1) is 16.9 Å². The maximum atomic E-state index is 5.80. The molecule has 0 unspecified atom stereocenters. The van der Waals surface area contributed by atoms with Crippen LogP contribution in [0.1, 0.15) is 6.92 Å². The van der Waals surface area contributed by atoms with Crippen molar-refractivity contribution in [2.75, 3.05) is 17.6 Å². The summed E-state index contributed by atoms with van der Waals surface area (Å²) in [5.74, 6) is 0.684. The van der Waals surface area contributed by atoms with Crippen LogP contribution >= 0.6 is 11.6 Å². The van der Waals surface area contributed by atoms with Gasteiger partial charge in [0.1, 0.15) is 5.82 Å². The number of nitrogens with two attached hydrogens (primary N) is 1. The number of nitrogen functional groups attached to an aromatic ring is 1. The van der Waals surface area contributed by atoms with Gasteiger partial charge in [0.25, 0.3) is 0 Å². The van der Waals surface area contributed by atoms with Gasteiger partial charge >= 0.3 is 0 Å². The van der Waals surface area contributed by atoms with Crippen molar-refractivity contribution in [1.82, 2.24) is 4.98 Å². The molecule has 0 radical (unpaired) electrons. The molecule has 1 aromatic rings. The van der Waals surface area contributed by atoms with E-state index in [0.29, 0.717) is 16.5 Å². The molecule has 3 N–H and O–H groups in total. The number of halogens is 1. The maximum Gasteiger partial charge on any atom is 0.144 e. The summed E-state index contributed by atoms with van der Waals surface area (Å²) in [4.78, 5) is 4.00. The van der Waals surface area contributed by atoms with E-state index in [9.17, 15) is 0 Å². The fourth-order valence-corrected chi connectivity index (χ4v) is 0.992. The lowest BCUT2D eigenvalue weighted by Crippen LogP contribution is -2.00. The third kappa shape index (κ3) is 1.98. The Kier molecular flexibility index (Phi) is 2.54. The second-order valence-corrected chi connectivity index (χ2v) is 2.54. The van der Waals surface area contributed by atoms with Crippen molar-refractivity contribution in [2.45, 2.75) is 6.92 Å². The largest absolute Gasteiger partial charge is 0.397 e. The summed E-state index contributed by atoms with van der Waals surface area (Å²) >= 11 is 5.80. The van der Waals surface area contributed by atoms with Gasteiger partial charge in [-0.2, -0.15) is 0 Å². The third-order valence-corrected chi connectivity index (χ3v) is 1.49. The van der Waals surface area contributed by atoms with E-state index >= 15 is 0 Å². The number of anilines is 2. The highest BCUT2D eigenvalue weighted by Crippen LogP contribution is 2.20. The molecule has 0 aromatic carbocycles. The van der Waals surface area contributed by atoms with Crippen molar-refractivity contribution in [1.29, 1.82) is 0 Å². The van der Waals surface area contributed by atoms with Gasteiger partial charge in [0, 0.05) is 6.54 Å². The van der Waals surface area contributed by atoms with Gasteiger partial charge in [0.2, 0.25) is 0 Å². The molecule has 0 saturated carbocycles. The molecule has 11 heavy (non-hydrogen) atoms. The number of hydrogen-bond donors (Lipinski definition) is 2. The summed E-state index contributed by atoms with van der Waals surface area (Å²) in [6.45, 7) is 2.78. The minimum absolute atomic E-state index is 0.562. The molecule has 4 heteroatoms. The fraction of sp³-hybridized carbons (Fsp3) is 0.286. The molecule has 0 aliphatic carbocycles. The zero-order chi connectivity index (χ0) is 8.27. The smallest absolute Gasteiger partial charge is 0.144 e. The highest BCUT2D eigenvalue weighted by Gasteiger charge is 1.98. The van der Waals surface area contributed by atoms with Gasteiger partial charge in [-0.25, -0.2) is 4.98 Å². The molecule has 0 saturated heterocycles. The molecule has 0 bridgehead atoms. The van der Waals surface area contributed by atoms with Crippen LogP contribution in [0.15, 0.2) is 12.3 Å². The van der Waals surface area contributed by atoms with Crippen molar-refractivity contribution in [3.05, 3.63) is 17.3 Å². The number of hydrogen-bond acceptors (Lipinski definition) is 3. The SMILES string of the molecule is CCNc1ncc(N)cc1Cl. The second kappa shape index (κ2) is 3.44.